The standard InChI is InChI=1S/C25H22BrClN2O3/c1-3-15(2)16-4-8-19(9-5-16)31-14-24(30)28-18-7-11-23-22(13-18)29-25(32-23)20-12-17(26)6-10-21(20)27/h4-13,15H,3,14H2,1-2H3,(H,28,30)/t15-/m0/s1. The molecular weight excluding hydrogens is 492 g/mol. The van der Waals surface area contributed by atoms with Crippen LogP contribution in [0.4, 0.5) is 5.69 Å². The van der Waals surface area contributed by atoms with E-state index < -0.39 is 0 Å². The lowest BCUT2D eigenvalue weighted by molar-refractivity contribution is -0.118. The van der Waals surface area contributed by atoms with Crippen molar-refractivity contribution in [3.8, 4) is 17.2 Å². The van der Waals surface area contributed by atoms with E-state index in [2.05, 4.69) is 40.1 Å². The van der Waals surface area contributed by atoms with E-state index in [1.165, 1.54) is 5.56 Å². The molecule has 0 radical (unpaired) electrons. The quantitative estimate of drug-likeness (QED) is 0.279. The monoisotopic (exact) mass is 512 g/mol. The summed E-state index contributed by atoms with van der Waals surface area (Å²) in [5.41, 5.74) is 3.78. The largest absolute Gasteiger partial charge is 0.484 e. The molecule has 7 heteroatoms. The first kappa shape index (κ1) is 22.4. The molecule has 0 saturated carbocycles. The number of ether oxygens (including phenoxy) is 1. The van der Waals surface area contributed by atoms with Gasteiger partial charge in [0.05, 0.1) is 10.6 Å². The van der Waals surface area contributed by atoms with E-state index in [0.29, 0.717) is 44.9 Å². The third kappa shape index (κ3) is 5.14. The molecule has 4 aromatic rings. The van der Waals surface area contributed by atoms with Crippen molar-refractivity contribution in [1.82, 2.24) is 4.98 Å². The van der Waals surface area contributed by atoms with Crippen LogP contribution < -0.4 is 10.1 Å². The van der Waals surface area contributed by atoms with Crippen LogP contribution in [0, 0.1) is 0 Å². The van der Waals surface area contributed by atoms with Crippen LogP contribution in [0.25, 0.3) is 22.6 Å². The summed E-state index contributed by atoms with van der Waals surface area (Å²) < 4.78 is 12.3. The molecule has 0 spiro atoms. The zero-order valence-electron chi connectivity index (χ0n) is 17.7. The van der Waals surface area contributed by atoms with Crippen molar-refractivity contribution in [2.75, 3.05) is 11.9 Å². The Bertz CT molecular complexity index is 1250. The summed E-state index contributed by atoms with van der Waals surface area (Å²) in [5.74, 6) is 1.32. The summed E-state index contributed by atoms with van der Waals surface area (Å²) >= 11 is 9.72. The second kappa shape index (κ2) is 9.76. The van der Waals surface area contributed by atoms with Crippen LogP contribution in [-0.2, 0) is 4.79 Å². The number of hydrogen-bond acceptors (Lipinski definition) is 4. The van der Waals surface area contributed by atoms with E-state index in [9.17, 15) is 4.79 Å². The van der Waals surface area contributed by atoms with Crippen molar-refractivity contribution in [1.29, 1.82) is 0 Å². The Labute approximate surface area is 199 Å². The van der Waals surface area contributed by atoms with Crippen LogP contribution in [0.1, 0.15) is 31.7 Å². The summed E-state index contributed by atoms with van der Waals surface area (Å²) in [6.07, 6.45) is 1.08. The molecule has 0 unspecified atom stereocenters. The Balaban J connectivity index is 1.41. The summed E-state index contributed by atoms with van der Waals surface area (Å²) in [4.78, 5) is 16.9. The van der Waals surface area contributed by atoms with Gasteiger partial charge in [0.15, 0.2) is 12.2 Å². The maximum Gasteiger partial charge on any atom is 0.262 e. The normalized spacial score (nSPS) is 12.0. The minimum absolute atomic E-state index is 0.0849. The van der Waals surface area contributed by atoms with Crippen molar-refractivity contribution in [2.45, 2.75) is 26.2 Å². The van der Waals surface area contributed by atoms with Gasteiger partial charge in [0.25, 0.3) is 5.91 Å². The van der Waals surface area contributed by atoms with Crippen LogP contribution >= 0.6 is 27.5 Å². The van der Waals surface area contributed by atoms with Crippen LogP contribution in [0.15, 0.2) is 69.6 Å². The minimum atomic E-state index is -0.255. The SMILES string of the molecule is CC[C@H](C)c1ccc(OCC(=O)Nc2ccc3oc(-c4cc(Br)ccc4Cl)nc3c2)cc1. The molecule has 1 aromatic heterocycles. The fourth-order valence-electron chi connectivity index (χ4n) is 3.26. The lowest BCUT2D eigenvalue weighted by Crippen LogP contribution is -2.20. The van der Waals surface area contributed by atoms with Gasteiger partial charge in [-0.05, 0) is 66.4 Å². The highest BCUT2D eigenvalue weighted by molar-refractivity contribution is 9.10. The summed E-state index contributed by atoms with van der Waals surface area (Å²) in [5, 5.41) is 3.38. The van der Waals surface area contributed by atoms with Gasteiger partial charge in [-0.2, -0.15) is 0 Å². The molecule has 5 nitrogen and oxygen atoms in total. The first-order valence-electron chi connectivity index (χ1n) is 10.3. The Morgan fingerprint density at radius 3 is 2.69 bits per heavy atom. The van der Waals surface area contributed by atoms with Gasteiger partial charge >= 0.3 is 0 Å². The molecular formula is C25H22BrClN2O3. The second-order valence-corrected chi connectivity index (χ2v) is 8.86. The van der Waals surface area contributed by atoms with E-state index in [-0.39, 0.29) is 12.5 Å². The van der Waals surface area contributed by atoms with Gasteiger partial charge < -0.3 is 14.5 Å². The van der Waals surface area contributed by atoms with E-state index in [1.54, 1.807) is 24.3 Å². The lowest BCUT2D eigenvalue weighted by atomic mass is 9.99. The van der Waals surface area contributed by atoms with Crippen LogP contribution in [-0.4, -0.2) is 17.5 Å². The maximum absolute atomic E-state index is 12.3. The molecule has 1 amide bonds. The number of carbonyl (C=O) groups excluding carboxylic acids is 1. The van der Waals surface area contributed by atoms with Crippen molar-refractivity contribution in [2.24, 2.45) is 0 Å². The zero-order valence-corrected chi connectivity index (χ0v) is 20.0. The van der Waals surface area contributed by atoms with Gasteiger partial charge in [0.2, 0.25) is 5.89 Å². The average Bonchev–Trinajstić information content (AvgIpc) is 3.22. The summed E-state index contributed by atoms with van der Waals surface area (Å²) in [6, 6.07) is 18.6. The number of rotatable bonds is 7. The van der Waals surface area contributed by atoms with E-state index >= 15 is 0 Å². The van der Waals surface area contributed by atoms with Crippen molar-refractivity contribution >= 4 is 50.2 Å². The molecule has 0 aliphatic rings. The number of anilines is 1. The van der Waals surface area contributed by atoms with Crippen molar-refractivity contribution in [3.63, 3.8) is 0 Å². The highest BCUT2D eigenvalue weighted by Gasteiger charge is 2.13. The molecule has 0 saturated heterocycles. The molecule has 1 N–H and O–H groups in total. The third-order valence-corrected chi connectivity index (χ3v) is 6.08. The summed E-state index contributed by atoms with van der Waals surface area (Å²) in [6.45, 7) is 4.26. The van der Waals surface area contributed by atoms with E-state index in [4.69, 9.17) is 20.8 Å². The van der Waals surface area contributed by atoms with E-state index in [1.807, 2.05) is 36.4 Å². The maximum atomic E-state index is 12.3. The van der Waals surface area contributed by atoms with Crippen molar-refractivity contribution < 1.29 is 13.9 Å². The van der Waals surface area contributed by atoms with Crippen molar-refractivity contribution in [3.05, 3.63) is 75.7 Å². The fourth-order valence-corrected chi connectivity index (χ4v) is 3.82. The van der Waals surface area contributed by atoms with Crippen LogP contribution in [0.2, 0.25) is 5.02 Å². The number of hydrogen-bond donors (Lipinski definition) is 1. The molecule has 164 valence electrons. The molecule has 1 heterocycles. The van der Waals surface area contributed by atoms with Gasteiger partial charge in [-0.3, -0.25) is 4.79 Å². The number of carbonyl (C=O) groups is 1. The number of oxazole rings is 1. The van der Waals surface area contributed by atoms with Gasteiger partial charge in [-0.1, -0.05) is 53.5 Å². The fraction of sp³-hybridized carbons (Fsp3) is 0.200. The number of halogens is 2. The summed E-state index contributed by atoms with van der Waals surface area (Å²) in [7, 11) is 0. The predicted molar refractivity (Wildman–Crippen MR) is 131 cm³/mol. The number of benzene rings is 3. The smallest absolute Gasteiger partial charge is 0.262 e. The zero-order chi connectivity index (χ0) is 22.7. The molecule has 0 fully saturated rings. The Morgan fingerprint density at radius 1 is 1.16 bits per heavy atom. The second-order valence-electron chi connectivity index (χ2n) is 7.54. The van der Waals surface area contributed by atoms with Crippen LogP contribution in [0.3, 0.4) is 0 Å². The Morgan fingerprint density at radius 2 is 1.94 bits per heavy atom. The molecule has 0 bridgehead atoms. The number of amides is 1. The molecule has 1 atom stereocenters. The molecule has 0 aliphatic heterocycles. The molecule has 0 aliphatic carbocycles. The lowest BCUT2D eigenvalue weighted by Gasteiger charge is -2.11. The highest BCUT2D eigenvalue weighted by atomic mass is 79.9. The number of nitrogens with one attached hydrogen (secondary N) is 1. The Hall–Kier alpha value is -2.83. The third-order valence-electron chi connectivity index (χ3n) is 5.26. The number of aromatic nitrogens is 1. The van der Waals surface area contributed by atoms with E-state index in [0.717, 1.165) is 10.9 Å². The van der Waals surface area contributed by atoms with Gasteiger partial charge in [-0.25, -0.2) is 4.98 Å². The Kier molecular flexibility index (Phi) is 6.82. The highest BCUT2D eigenvalue weighted by Crippen LogP contribution is 2.33. The first-order valence-corrected chi connectivity index (χ1v) is 11.5. The van der Waals surface area contributed by atoms with Gasteiger partial charge in [-0.15, -0.1) is 0 Å². The first-order chi connectivity index (χ1) is 15.4. The van der Waals surface area contributed by atoms with Crippen LogP contribution in [0.5, 0.6) is 5.75 Å². The molecule has 3 aromatic carbocycles. The van der Waals surface area contributed by atoms with Gasteiger partial charge in [0.1, 0.15) is 11.3 Å². The molecule has 4 rings (SSSR count). The average molecular weight is 514 g/mol. The predicted octanol–water partition coefficient (Wildman–Crippen LogP) is 7.44. The van der Waals surface area contributed by atoms with Gasteiger partial charge in [0, 0.05) is 10.2 Å². The topological polar surface area (TPSA) is 64.4 Å². The minimum Gasteiger partial charge on any atom is -0.484 e. The number of fused-ring (bicyclic) bond motifs is 1. The number of nitrogens with zero attached hydrogens (tertiary/aromatic N) is 1. The molecule has 32 heavy (non-hydrogen) atoms.